The molecule has 1 aromatic rings. The van der Waals surface area contributed by atoms with Gasteiger partial charge >= 0.3 is 0 Å². The lowest BCUT2D eigenvalue weighted by Crippen LogP contribution is -2.59. The Morgan fingerprint density at radius 3 is 2.57 bits per heavy atom. The van der Waals surface area contributed by atoms with E-state index in [1.807, 2.05) is 37.4 Å². The zero-order valence-corrected chi connectivity index (χ0v) is 14.1. The van der Waals surface area contributed by atoms with Gasteiger partial charge in [0.15, 0.2) is 0 Å². The Morgan fingerprint density at radius 1 is 1.22 bits per heavy atom. The van der Waals surface area contributed by atoms with Crippen LogP contribution in [0.3, 0.4) is 0 Å². The molecule has 2 amide bonds. The highest BCUT2D eigenvalue weighted by Crippen LogP contribution is 2.13. The Hall–Kier alpha value is -2.08. The van der Waals surface area contributed by atoms with Crippen LogP contribution in [0.25, 0.3) is 0 Å². The number of hydrogen-bond donors (Lipinski definition) is 0. The van der Waals surface area contributed by atoms with E-state index < -0.39 is 6.04 Å². The van der Waals surface area contributed by atoms with Crippen molar-refractivity contribution >= 4 is 11.8 Å². The topological polar surface area (TPSA) is 53.1 Å². The van der Waals surface area contributed by atoms with Crippen molar-refractivity contribution in [1.29, 1.82) is 0 Å². The number of benzene rings is 1. The summed E-state index contributed by atoms with van der Waals surface area (Å²) in [7, 11) is 5.41. The first kappa shape index (κ1) is 17.3. The highest BCUT2D eigenvalue weighted by Gasteiger charge is 2.34. The van der Waals surface area contributed by atoms with Crippen molar-refractivity contribution < 1.29 is 14.3 Å². The van der Waals surface area contributed by atoms with Crippen LogP contribution >= 0.6 is 0 Å². The molecule has 0 spiro atoms. The van der Waals surface area contributed by atoms with E-state index in [9.17, 15) is 9.59 Å². The van der Waals surface area contributed by atoms with Gasteiger partial charge in [0.2, 0.25) is 11.8 Å². The molecular formula is C17H25N3O3. The van der Waals surface area contributed by atoms with E-state index in [4.69, 9.17) is 4.74 Å². The molecule has 0 radical (unpaired) electrons. The molecule has 1 saturated heterocycles. The first-order valence-electron chi connectivity index (χ1n) is 7.86. The summed E-state index contributed by atoms with van der Waals surface area (Å²) in [5.74, 6) is 0.683. The van der Waals surface area contributed by atoms with Crippen LogP contribution < -0.4 is 4.74 Å². The van der Waals surface area contributed by atoms with Gasteiger partial charge in [0, 0.05) is 33.7 Å². The summed E-state index contributed by atoms with van der Waals surface area (Å²) in [6, 6.07) is 9.01. The minimum Gasteiger partial charge on any atom is -0.493 e. The highest BCUT2D eigenvalue weighted by atomic mass is 16.5. The van der Waals surface area contributed by atoms with Crippen LogP contribution in [-0.2, 0) is 9.59 Å². The number of amides is 2. The van der Waals surface area contributed by atoms with Crippen LogP contribution in [0.5, 0.6) is 5.75 Å². The third-order valence-electron chi connectivity index (χ3n) is 3.96. The Morgan fingerprint density at radius 2 is 1.91 bits per heavy atom. The van der Waals surface area contributed by atoms with Crippen LogP contribution in [0.1, 0.15) is 6.42 Å². The van der Waals surface area contributed by atoms with Crippen molar-refractivity contribution in [2.24, 2.45) is 0 Å². The summed E-state index contributed by atoms with van der Waals surface area (Å²) in [4.78, 5) is 30.1. The van der Waals surface area contributed by atoms with Gasteiger partial charge in [0.1, 0.15) is 11.8 Å². The second-order valence-corrected chi connectivity index (χ2v) is 6.01. The Balaban J connectivity index is 1.91. The molecule has 2 rings (SSSR count). The van der Waals surface area contributed by atoms with E-state index in [2.05, 4.69) is 4.90 Å². The Bertz CT molecular complexity index is 533. The van der Waals surface area contributed by atoms with Crippen LogP contribution in [0.4, 0.5) is 0 Å². The van der Waals surface area contributed by atoms with Crippen molar-refractivity contribution in [3.8, 4) is 5.75 Å². The monoisotopic (exact) mass is 319 g/mol. The van der Waals surface area contributed by atoms with Gasteiger partial charge in [-0.25, -0.2) is 0 Å². The maximum absolute atomic E-state index is 12.5. The summed E-state index contributed by atoms with van der Waals surface area (Å²) in [6.45, 7) is 2.24. The fourth-order valence-electron chi connectivity index (χ4n) is 2.64. The molecule has 0 aliphatic carbocycles. The molecule has 6 heteroatoms. The van der Waals surface area contributed by atoms with Crippen LogP contribution in [0.15, 0.2) is 30.3 Å². The van der Waals surface area contributed by atoms with E-state index in [1.165, 1.54) is 0 Å². The summed E-state index contributed by atoms with van der Waals surface area (Å²) in [6.07, 6.45) is 0.274. The highest BCUT2D eigenvalue weighted by molar-refractivity contribution is 5.88. The van der Waals surface area contributed by atoms with Crippen molar-refractivity contribution in [3.63, 3.8) is 0 Å². The van der Waals surface area contributed by atoms with Gasteiger partial charge in [0.25, 0.3) is 0 Å². The molecule has 23 heavy (non-hydrogen) atoms. The normalized spacial score (nSPS) is 18.6. The lowest BCUT2D eigenvalue weighted by atomic mass is 10.1. The van der Waals surface area contributed by atoms with E-state index in [0.29, 0.717) is 19.7 Å². The van der Waals surface area contributed by atoms with Gasteiger partial charge in [-0.05, 0) is 19.2 Å². The van der Waals surface area contributed by atoms with Gasteiger partial charge in [-0.2, -0.15) is 0 Å². The fourth-order valence-corrected chi connectivity index (χ4v) is 2.64. The van der Waals surface area contributed by atoms with Crippen molar-refractivity contribution in [2.75, 3.05) is 47.4 Å². The van der Waals surface area contributed by atoms with E-state index in [0.717, 1.165) is 12.3 Å². The van der Waals surface area contributed by atoms with Crippen molar-refractivity contribution in [2.45, 2.75) is 12.5 Å². The quantitative estimate of drug-likeness (QED) is 0.801. The molecule has 126 valence electrons. The number of ether oxygens (including phenoxy) is 1. The smallest absolute Gasteiger partial charge is 0.246 e. The number of rotatable bonds is 5. The maximum atomic E-state index is 12.5. The van der Waals surface area contributed by atoms with Crippen LogP contribution in [0.2, 0.25) is 0 Å². The van der Waals surface area contributed by atoms with Crippen molar-refractivity contribution in [3.05, 3.63) is 30.3 Å². The molecule has 0 aromatic heterocycles. The van der Waals surface area contributed by atoms with Gasteiger partial charge in [-0.15, -0.1) is 0 Å². The number of carbonyl (C=O) groups excluding carboxylic acids is 2. The van der Waals surface area contributed by atoms with E-state index >= 15 is 0 Å². The zero-order chi connectivity index (χ0) is 16.8. The number of piperazine rings is 1. The van der Waals surface area contributed by atoms with Crippen molar-refractivity contribution in [1.82, 2.24) is 14.7 Å². The molecule has 1 aliphatic rings. The van der Waals surface area contributed by atoms with E-state index in [1.54, 1.807) is 23.9 Å². The number of para-hydroxylation sites is 1. The molecule has 1 aliphatic heterocycles. The summed E-state index contributed by atoms with van der Waals surface area (Å²) >= 11 is 0. The SMILES string of the molecule is CN1CCN(C(=O)CCOc2ccccc2)[C@H](C(=O)N(C)C)C1. The number of nitrogens with zero attached hydrogens (tertiary/aromatic N) is 3. The second kappa shape index (κ2) is 7.97. The molecule has 1 fully saturated rings. The molecule has 1 aromatic carbocycles. The van der Waals surface area contributed by atoms with Crippen LogP contribution in [-0.4, -0.2) is 79.9 Å². The number of carbonyl (C=O) groups is 2. The van der Waals surface area contributed by atoms with E-state index in [-0.39, 0.29) is 18.2 Å². The third kappa shape index (κ3) is 4.69. The number of likely N-dealkylation sites (N-methyl/N-ethyl adjacent to an activating group) is 2. The molecule has 0 saturated carbocycles. The molecule has 0 unspecified atom stereocenters. The van der Waals surface area contributed by atoms with Gasteiger partial charge in [-0.3, -0.25) is 9.59 Å². The minimum absolute atomic E-state index is 0.0331. The fraction of sp³-hybridized carbons (Fsp3) is 0.529. The van der Waals surface area contributed by atoms with Crippen LogP contribution in [0, 0.1) is 0 Å². The predicted octanol–water partition coefficient (Wildman–Crippen LogP) is 0.686. The largest absolute Gasteiger partial charge is 0.493 e. The summed E-state index contributed by atoms with van der Waals surface area (Å²) < 4.78 is 5.58. The lowest BCUT2D eigenvalue weighted by Gasteiger charge is -2.40. The molecule has 0 bridgehead atoms. The molecular weight excluding hydrogens is 294 g/mol. The molecule has 0 N–H and O–H groups in total. The molecule has 1 atom stereocenters. The second-order valence-electron chi connectivity index (χ2n) is 6.01. The number of hydrogen-bond acceptors (Lipinski definition) is 4. The molecule has 6 nitrogen and oxygen atoms in total. The van der Waals surface area contributed by atoms with Gasteiger partial charge < -0.3 is 19.4 Å². The summed E-state index contributed by atoms with van der Waals surface area (Å²) in [5, 5.41) is 0. The summed E-state index contributed by atoms with van der Waals surface area (Å²) in [5.41, 5.74) is 0. The predicted molar refractivity (Wildman–Crippen MR) is 88.2 cm³/mol. The Kier molecular flexibility index (Phi) is 5.98. The minimum atomic E-state index is -0.409. The zero-order valence-electron chi connectivity index (χ0n) is 14.1. The average Bonchev–Trinajstić information content (AvgIpc) is 2.54. The molecule has 1 heterocycles. The maximum Gasteiger partial charge on any atom is 0.246 e. The van der Waals surface area contributed by atoms with Gasteiger partial charge in [-0.1, -0.05) is 18.2 Å². The first-order chi connectivity index (χ1) is 11.0. The average molecular weight is 319 g/mol. The standard InChI is InChI=1S/C17H25N3O3/c1-18(2)17(22)15-13-19(3)10-11-20(15)16(21)9-12-23-14-7-5-4-6-8-14/h4-8,15H,9-13H2,1-3H3/t15-/m0/s1. The van der Waals surface area contributed by atoms with Gasteiger partial charge in [0.05, 0.1) is 13.0 Å². The lowest BCUT2D eigenvalue weighted by molar-refractivity contribution is -0.147. The third-order valence-corrected chi connectivity index (χ3v) is 3.96. The Labute approximate surface area is 137 Å². The first-order valence-corrected chi connectivity index (χ1v) is 7.86.